The van der Waals surface area contributed by atoms with Crippen LogP contribution in [0.3, 0.4) is 0 Å². The lowest BCUT2D eigenvalue weighted by Gasteiger charge is -2.21. The summed E-state index contributed by atoms with van der Waals surface area (Å²) in [6, 6.07) is 9.54. The molecular formula is C13H8FN3O. The Morgan fingerprint density at radius 1 is 1.28 bits per heavy atom. The molecular weight excluding hydrogens is 233 g/mol. The minimum Gasteiger partial charge on any atom is -0.447 e. The second-order valence-corrected chi connectivity index (χ2v) is 3.68. The first-order valence-corrected chi connectivity index (χ1v) is 5.09. The third kappa shape index (κ3) is 1.90. The SMILES string of the molecule is N#CC1=COC(N)=C(C#N)C1c1cccc(F)c1. The summed E-state index contributed by atoms with van der Waals surface area (Å²) in [5.74, 6) is -1.18. The van der Waals surface area contributed by atoms with Crippen LogP contribution in [0.15, 0.2) is 47.6 Å². The second kappa shape index (κ2) is 4.60. The van der Waals surface area contributed by atoms with E-state index in [0.29, 0.717) is 5.56 Å². The average Bonchev–Trinajstić information content (AvgIpc) is 2.38. The van der Waals surface area contributed by atoms with E-state index in [4.69, 9.17) is 21.0 Å². The molecule has 1 aliphatic rings. The number of nitrogens with zero attached hydrogens (tertiary/aromatic N) is 2. The Kier molecular flexibility index (Phi) is 2.99. The van der Waals surface area contributed by atoms with E-state index in [0.717, 1.165) is 0 Å². The number of hydrogen-bond donors (Lipinski definition) is 1. The largest absolute Gasteiger partial charge is 0.447 e. The Hall–Kier alpha value is -2.79. The monoisotopic (exact) mass is 241 g/mol. The van der Waals surface area contributed by atoms with Crippen LogP contribution in [0.1, 0.15) is 11.5 Å². The Morgan fingerprint density at radius 3 is 2.67 bits per heavy atom. The highest BCUT2D eigenvalue weighted by Crippen LogP contribution is 2.35. The zero-order chi connectivity index (χ0) is 13.1. The molecule has 1 unspecified atom stereocenters. The van der Waals surface area contributed by atoms with E-state index in [1.54, 1.807) is 6.07 Å². The highest BCUT2D eigenvalue weighted by atomic mass is 19.1. The summed E-state index contributed by atoms with van der Waals surface area (Å²) in [5.41, 5.74) is 6.38. The molecule has 0 fully saturated rings. The number of nitrogens with two attached hydrogens (primary N) is 1. The van der Waals surface area contributed by atoms with Gasteiger partial charge in [0.15, 0.2) is 0 Å². The fraction of sp³-hybridized carbons (Fsp3) is 0.0769. The first-order chi connectivity index (χ1) is 8.67. The van der Waals surface area contributed by atoms with Gasteiger partial charge in [0.1, 0.15) is 23.7 Å². The highest BCUT2D eigenvalue weighted by molar-refractivity contribution is 5.51. The predicted octanol–water partition coefficient (Wildman–Crippen LogP) is 2.04. The topological polar surface area (TPSA) is 82.8 Å². The third-order valence-electron chi connectivity index (χ3n) is 2.61. The van der Waals surface area contributed by atoms with E-state index < -0.39 is 11.7 Å². The van der Waals surface area contributed by atoms with Crippen LogP contribution in [-0.2, 0) is 4.74 Å². The van der Waals surface area contributed by atoms with E-state index >= 15 is 0 Å². The van der Waals surface area contributed by atoms with Crippen molar-refractivity contribution >= 4 is 0 Å². The molecule has 0 saturated carbocycles. The number of halogens is 1. The molecule has 2 rings (SSSR count). The van der Waals surface area contributed by atoms with Crippen LogP contribution in [-0.4, -0.2) is 0 Å². The van der Waals surface area contributed by atoms with Crippen molar-refractivity contribution in [3.63, 3.8) is 0 Å². The van der Waals surface area contributed by atoms with Crippen molar-refractivity contribution in [3.05, 3.63) is 58.9 Å². The minimum atomic E-state index is -0.676. The maximum Gasteiger partial charge on any atom is 0.204 e. The molecule has 1 aromatic carbocycles. The minimum absolute atomic E-state index is 0.0641. The third-order valence-corrected chi connectivity index (χ3v) is 2.61. The fourth-order valence-electron chi connectivity index (χ4n) is 1.80. The smallest absolute Gasteiger partial charge is 0.204 e. The fourth-order valence-corrected chi connectivity index (χ4v) is 1.80. The van der Waals surface area contributed by atoms with Gasteiger partial charge in [-0.3, -0.25) is 0 Å². The highest BCUT2D eigenvalue weighted by Gasteiger charge is 2.28. The molecule has 0 radical (unpaired) electrons. The summed E-state index contributed by atoms with van der Waals surface area (Å²) >= 11 is 0. The van der Waals surface area contributed by atoms with Crippen LogP contribution in [0.25, 0.3) is 0 Å². The summed E-state index contributed by atoms with van der Waals surface area (Å²) in [6.07, 6.45) is 1.19. The summed E-state index contributed by atoms with van der Waals surface area (Å²) < 4.78 is 18.1. The average molecular weight is 241 g/mol. The summed E-state index contributed by atoms with van der Waals surface area (Å²) in [5, 5.41) is 18.1. The van der Waals surface area contributed by atoms with Gasteiger partial charge in [-0.2, -0.15) is 10.5 Å². The lowest BCUT2D eigenvalue weighted by molar-refractivity contribution is 0.326. The Labute approximate surface area is 103 Å². The number of rotatable bonds is 1. The second-order valence-electron chi connectivity index (χ2n) is 3.68. The molecule has 1 atom stereocenters. The van der Waals surface area contributed by atoms with Gasteiger partial charge < -0.3 is 10.5 Å². The van der Waals surface area contributed by atoms with Gasteiger partial charge in [0.25, 0.3) is 0 Å². The van der Waals surface area contributed by atoms with Crippen molar-refractivity contribution < 1.29 is 9.13 Å². The van der Waals surface area contributed by atoms with Gasteiger partial charge in [0.2, 0.25) is 5.88 Å². The Bertz CT molecular complexity index is 634. The van der Waals surface area contributed by atoms with Crippen LogP contribution >= 0.6 is 0 Å². The molecule has 0 bridgehead atoms. The first-order valence-electron chi connectivity index (χ1n) is 5.09. The zero-order valence-electron chi connectivity index (χ0n) is 9.22. The molecule has 0 aliphatic carbocycles. The quantitative estimate of drug-likeness (QED) is 0.815. The van der Waals surface area contributed by atoms with Gasteiger partial charge in [-0.1, -0.05) is 12.1 Å². The van der Waals surface area contributed by atoms with Gasteiger partial charge >= 0.3 is 0 Å². The molecule has 5 heteroatoms. The number of benzene rings is 1. The van der Waals surface area contributed by atoms with Crippen molar-refractivity contribution in [2.75, 3.05) is 0 Å². The summed E-state index contributed by atoms with van der Waals surface area (Å²) in [7, 11) is 0. The van der Waals surface area contributed by atoms with Crippen molar-refractivity contribution in [2.24, 2.45) is 5.73 Å². The lowest BCUT2D eigenvalue weighted by Crippen LogP contribution is -2.16. The molecule has 0 aromatic heterocycles. The van der Waals surface area contributed by atoms with Crippen LogP contribution in [0.5, 0.6) is 0 Å². The standard InChI is InChI=1S/C13H8FN3O/c14-10-3-1-2-8(4-10)12-9(5-15)7-18-13(17)11(12)6-16/h1-4,7,12H,17H2. The molecule has 88 valence electrons. The predicted molar refractivity (Wildman–Crippen MR) is 60.7 cm³/mol. The molecule has 1 aliphatic heterocycles. The zero-order valence-corrected chi connectivity index (χ0v) is 9.22. The Morgan fingerprint density at radius 2 is 2.06 bits per heavy atom. The first kappa shape index (κ1) is 11.7. The summed E-state index contributed by atoms with van der Waals surface area (Å²) in [6.45, 7) is 0. The van der Waals surface area contributed by atoms with Crippen molar-refractivity contribution in [1.82, 2.24) is 0 Å². The molecule has 1 aromatic rings. The maximum atomic E-state index is 13.2. The van der Waals surface area contributed by atoms with Crippen molar-refractivity contribution in [1.29, 1.82) is 10.5 Å². The van der Waals surface area contributed by atoms with Gasteiger partial charge in [-0.15, -0.1) is 0 Å². The lowest BCUT2D eigenvalue weighted by atomic mass is 9.85. The van der Waals surface area contributed by atoms with Crippen LogP contribution in [0.4, 0.5) is 4.39 Å². The van der Waals surface area contributed by atoms with Gasteiger partial charge in [0.05, 0.1) is 17.6 Å². The van der Waals surface area contributed by atoms with E-state index in [9.17, 15) is 4.39 Å². The number of hydrogen-bond acceptors (Lipinski definition) is 4. The molecule has 0 saturated heterocycles. The normalized spacial score (nSPS) is 18.4. The summed E-state index contributed by atoms with van der Waals surface area (Å²) in [4.78, 5) is 0. The van der Waals surface area contributed by atoms with E-state index in [2.05, 4.69) is 0 Å². The van der Waals surface area contributed by atoms with Crippen molar-refractivity contribution in [2.45, 2.75) is 5.92 Å². The van der Waals surface area contributed by atoms with E-state index in [1.807, 2.05) is 12.1 Å². The molecule has 18 heavy (non-hydrogen) atoms. The molecule has 0 spiro atoms. The molecule has 0 amide bonds. The molecule has 1 heterocycles. The number of allylic oxidation sites excluding steroid dienone is 2. The maximum absolute atomic E-state index is 13.2. The molecule has 4 nitrogen and oxygen atoms in total. The number of nitriles is 2. The van der Waals surface area contributed by atoms with E-state index in [1.165, 1.54) is 24.5 Å². The van der Waals surface area contributed by atoms with Crippen molar-refractivity contribution in [3.8, 4) is 12.1 Å². The Balaban J connectivity index is 2.57. The van der Waals surface area contributed by atoms with Crippen LogP contribution < -0.4 is 5.73 Å². The molecule has 2 N–H and O–H groups in total. The van der Waals surface area contributed by atoms with E-state index in [-0.39, 0.29) is 17.0 Å². The van der Waals surface area contributed by atoms with Gasteiger partial charge in [0, 0.05) is 0 Å². The van der Waals surface area contributed by atoms with Gasteiger partial charge in [-0.05, 0) is 17.7 Å². The van der Waals surface area contributed by atoms with Crippen LogP contribution in [0, 0.1) is 28.5 Å². The number of ether oxygens (including phenoxy) is 1. The van der Waals surface area contributed by atoms with Gasteiger partial charge in [-0.25, -0.2) is 4.39 Å². The van der Waals surface area contributed by atoms with Crippen LogP contribution in [0.2, 0.25) is 0 Å².